The second-order valence-electron chi connectivity index (χ2n) is 6.48. The number of hydrogen-bond acceptors (Lipinski definition) is 6. The summed E-state index contributed by atoms with van der Waals surface area (Å²) in [6, 6.07) is 4.39. The first-order valence-corrected chi connectivity index (χ1v) is 10.2. The van der Waals surface area contributed by atoms with Gasteiger partial charge in [0.1, 0.15) is 16.8 Å². The van der Waals surface area contributed by atoms with E-state index >= 15 is 0 Å². The molecule has 0 bridgehead atoms. The predicted octanol–water partition coefficient (Wildman–Crippen LogP) is -0.520. The molecule has 1 N–H and O–H groups in total. The summed E-state index contributed by atoms with van der Waals surface area (Å²) in [5, 5.41) is 2.46. The summed E-state index contributed by atoms with van der Waals surface area (Å²) in [6.45, 7) is -0.260. The monoisotopic (exact) mass is 413 g/mol. The lowest BCUT2D eigenvalue weighted by Crippen LogP contribution is -2.51. The maximum absolute atomic E-state index is 13.8. The van der Waals surface area contributed by atoms with Crippen molar-refractivity contribution in [2.75, 3.05) is 32.8 Å². The number of piperazine rings is 1. The van der Waals surface area contributed by atoms with Gasteiger partial charge in [0.05, 0.1) is 0 Å². The SMILES string of the molecule is O=C1CC[C@@H](C(=O)OCC(=O)N2CCN(S(=O)(=O)c3ccccc3F)CC2)N1. The van der Waals surface area contributed by atoms with Gasteiger partial charge in [-0.05, 0) is 18.6 Å². The van der Waals surface area contributed by atoms with Gasteiger partial charge in [0.15, 0.2) is 6.61 Å². The Hall–Kier alpha value is -2.53. The zero-order valence-electron chi connectivity index (χ0n) is 15.0. The van der Waals surface area contributed by atoms with Crippen LogP contribution in [-0.2, 0) is 29.1 Å². The molecule has 0 aliphatic carbocycles. The third-order valence-corrected chi connectivity index (χ3v) is 6.60. The van der Waals surface area contributed by atoms with Gasteiger partial charge in [0, 0.05) is 32.6 Å². The quantitative estimate of drug-likeness (QED) is 0.650. The molecule has 2 fully saturated rings. The van der Waals surface area contributed by atoms with E-state index in [0.717, 1.165) is 10.4 Å². The maximum atomic E-state index is 13.8. The molecule has 28 heavy (non-hydrogen) atoms. The molecule has 9 nitrogen and oxygen atoms in total. The van der Waals surface area contributed by atoms with Crippen molar-refractivity contribution in [3.8, 4) is 0 Å². The third kappa shape index (κ3) is 4.30. The van der Waals surface area contributed by atoms with Crippen molar-refractivity contribution in [1.29, 1.82) is 0 Å². The second-order valence-corrected chi connectivity index (χ2v) is 8.39. The molecule has 152 valence electrons. The molecule has 2 saturated heterocycles. The predicted molar refractivity (Wildman–Crippen MR) is 93.9 cm³/mol. The van der Waals surface area contributed by atoms with E-state index in [1.165, 1.54) is 23.1 Å². The van der Waals surface area contributed by atoms with Crippen LogP contribution >= 0.6 is 0 Å². The number of halogens is 1. The smallest absolute Gasteiger partial charge is 0.329 e. The largest absolute Gasteiger partial charge is 0.454 e. The third-order valence-electron chi connectivity index (χ3n) is 4.66. The summed E-state index contributed by atoms with van der Waals surface area (Å²) in [4.78, 5) is 36.1. The normalized spacial score (nSPS) is 20.7. The Morgan fingerprint density at radius 2 is 1.86 bits per heavy atom. The molecule has 0 saturated carbocycles. The highest BCUT2D eigenvalue weighted by Gasteiger charge is 2.33. The van der Waals surface area contributed by atoms with Gasteiger partial charge in [0.2, 0.25) is 15.9 Å². The lowest BCUT2D eigenvalue weighted by molar-refractivity contribution is -0.154. The molecule has 2 heterocycles. The number of nitrogens with one attached hydrogen (secondary N) is 1. The van der Waals surface area contributed by atoms with E-state index in [9.17, 15) is 27.2 Å². The summed E-state index contributed by atoms with van der Waals surface area (Å²) in [7, 11) is -3.99. The average molecular weight is 413 g/mol. The van der Waals surface area contributed by atoms with Gasteiger partial charge in [-0.25, -0.2) is 17.6 Å². The Kier molecular flexibility index (Phi) is 5.94. The number of ether oxygens (including phenoxy) is 1. The Bertz CT molecular complexity index is 883. The zero-order chi connectivity index (χ0) is 20.3. The minimum absolute atomic E-state index is 0.00896. The maximum Gasteiger partial charge on any atom is 0.329 e. The van der Waals surface area contributed by atoms with Crippen LogP contribution in [0.3, 0.4) is 0 Å². The number of hydrogen-bond donors (Lipinski definition) is 1. The molecule has 2 amide bonds. The molecular formula is C17H20FN3O6S. The van der Waals surface area contributed by atoms with Crippen molar-refractivity contribution in [3.05, 3.63) is 30.1 Å². The van der Waals surface area contributed by atoms with E-state index in [1.54, 1.807) is 0 Å². The van der Waals surface area contributed by atoms with E-state index in [4.69, 9.17) is 4.74 Å². The highest BCUT2D eigenvalue weighted by molar-refractivity contribution is 7.89. The molecule has 0 spiro atoms. The number of benzene rings is 1. The standard InChI is InChI=1S/C17H20FN3O6S/c18-12-3-1-2-4-14(12)28(25,26)21-9-7-20(8-10-21)16(23)11-27-17(24)13-5-6-15(22)19-13/h1-4,13H,5-11H2,(H,19,22)/t13-/m0/s1. The first-order chi connectivity index (χ1) is 13.3. The Labute approximate surface area is 161 Å². The van der Waals surface area contributed by atoms with Crippen LogP contribution in [0.25, 0.3) is 0 Å². The van der Waals surface area contributed by atoms with Gasteiger partial charge in [-0.15, -0.1) is 0 Å². The second kappa shape index (κ2) is 8.23. The topological polar surface area (TPSA) is 113 Å². The van der Waals surface area contributed by atoms with Crippen molar-refractivity contribution in [2.45, 2.75) is 23.8 Å². The molecule has 1 atom stereocenters. The number of carbonyl (C=O) groups excluding carboxylic acids is 3. The fraction of sp³-hybridized carbons (Fsp3) is 0.471. The summed E-state index contributed by atoms with van der Waals surface area (Å²) in [5.41, 5.74) is 0. The van der Waals surface area contributed by atoms with Crippen LogP contribution in [-0.4, -0.2) is 74.2 Å². The van der Waals surface area contributed by atoms with Gasteiger partial charge >= 0.3 is 5.97 Å². The van der Waals surface area contributed by atoms with E-state index in [1.807, 2.05) is 0 Å². The first-order valence-electron chi connectivity index (χ1n) is 8.77. The fourth-order valence-electron chi connectivity index (χ4n) is 3.09. The van der Waals surface area contributed by atoms with Gasteiger partial charge in [-0.2, -0.15) is 4.31 Å². The first kappa shape index (κ1) is 20.2. The van der Waals surface area contributed by atoms with E-state index in [0.29, 0.717) is 6.42 Å². The minimum atomic E-state index is -3.99. The molecule has 0 aromatic heterocycles. The lowest BCUT2D eigenvalue weighted by Gasteiger charge is -2.34. The van der Waals surface area contributed by atoms with Crippen molar-refractivity contribution in [3.63, 3.8) is 0 Å². The Morgan fingerprint density at radius 3 is 2.46 bits per heavy atom. The van der Waals surface area contributed by atoms with Crippen LogP contribution in [0.4, 0.5) is 4.39 Å². The van der Waals surface area contributed by atoms with Crippen molar-refractivity contribution < 1.29 is 31.9 Å². The molecule has 2 aliphatic rings. The molecule has 1 aromatic carbocycles. The molecule has 2 aliphatic heterocycles. The van der Waals surface area contributed by atoms with Gasteiger partial charge in [0.25, 0.3) is 5.91 Å². The van der Waals surface area contributed by atoms with Crippen LogP contribution in [0.2, 0.25) is 0 Å². The Balaban J connectivity index is 1.51. The minimum Gasteiger partial charge on any atom is -0.454 e. The van der Waals surface area contributed by atoms with Crippen LogP contribution in [0.15, 0.2) is 29.2 Å². The molecular weight excluding hydrogens is 393 g/mol. The molecule has 11 heteroatoms. The van der Waals surface area contributed by atoms with E-state index in [-0.39, 0.29) is 38.5 Å². The number of nitrogens with zero attached hydrogens (tertiary/aromatic N) is 2. The van der Waals surface area contributed by atoms with Gasteiger partial charge in [-0.3, -0.25) is 9.59 Å². The van der Waals surface area contributed by atoms with Crippen LogP contribution in [0.5, 0.6) is 0 Å². The van der Waals surface area contributed by atoms with Gasteiger partial charge in [-0.1, -0.05) is 12.1 Å². The fourth-order valence-corrected chi connectivity index (χ4v) is 4.57. The molecule has 3 rings (SSSR count). The number of esters is 1. The molecule has 0 unspecified atom stereocenters. The van der Waals surface area contributed by atoms with E-state index in [2.05, 4.69) is 5.32 Å². The molecule has 1 aromatic rings. The summed E-state index contributed by atoms with van der Waals surface area (Å²) in [5.74, 6) is -2.19. The van der Waals surface area contributed by atoms with E-state index < -0.39 is 45.3 Å². The number of carbonyl (C=O) groups is 3. The Morgan fingerprint density at radius 1 is 1.18 bits per heavy atom. The van der Waals surface area contributed by atoms with Crippen LogP contribution < -0.4 is 5.32 Å². The lowest BCUT2D eigenvalue weighted by atomic mass is 10.2. The number of sulfonamides is 1. The zero-order valence-corrected chi connectivity index (χ0v) is 15.8. The van der Waals surface area contributed by atoms with Crippen molar-refractivity contribution >= 4 is 27.8 Å². The van der Waals surface area contributed by atoms with Crippen LogP contribution in [0.1, 0.15) is 12.8 Å². The van der Waals surface area contributed by atoms with Gasteiger partial charge < -0.3 is 15.0 Å². The summed E-state index contributed by atoms with van der Waals surface area (Å²) < 4.78 is 45.0. The van der Waals surface area contributed by atoms with Crippen molar-refractivity contribution in [1.82, 2.24) is 14.5 Å². The van der Waals surface area contributed by atoms with Crippen molar-refractivity contribution in [2.24, 2.45) is 0 Å². The van der Waals surface area contributed by atoms with Crippen LogP contribution in [0, 0.1) is 5.82 Å². The number of rotatable bonds is 5. The highest BCUT2D eigenvalue weighted by atomic mass is 32.2. The number of amides is 2. The summed E-state index contributed by atoms with van der Waals surface area (Å²) in [6.07, 6.45) is 0.574. The highest BCUT2D eigenvalue weighted by Crippen LogP contribution is 2.20. The average Bonchev–Trinajstić information content (AvgIpc) is 3.12. The molecule has 0 radical (unpaired) electrons. The summed E-state index contributed by atoms with van der Waals surface area (Å²) >= 11 is 0.